The maximum absolute atomic E-state index is 5.80. The Labute approximate surface area is 117 Å². The van der Waals surface area contributed by atoms with Crippen molar-refractivity contribution in [1.82, 2.24) is 15.2 Å². The van der Waals surface area contributed by atoms with Gasteiger partial charge in [-0.05, 0) is 18.2 Å². The fourth-order valence-electron chi connectivity index (χ4n) is 1.10. The molecule has 0 saturated carbocycles. The van der Waals surface area contributed by atoms with Crippen molar-refractivity contribution < 1.29 is 4.74 Å². The Balaban J connectivity index is 2.23. The van der Waals surface area contributed by atoms with Crippen molar-refractivity contribution in [1.29, 1.82) is 0 Å². The van der Waals surface area contributed by atoms with Crippen LogP contribution in [0.3, 0.4) is 0 Å². The lowest BCUT2D eigenvalue weighted by Crippen LogP contribution is -2.16. The molecule has 0 unspecified atom stereocenters. The Morgan fingerprint density at radius 1 is 1.12 bits per heavy atom. The molecule has 0 fully saturated rings. The van der Waals surface area contributed by atoms with Crippen molar-refractivity contribution >= 4 is 57.4 Å². The van der Waals surface area contributed by atoms with E-state index in [-0.39, 0.29) is 12.6 Å². The third-order valence-corrected chi connectivity index (χ3v) is 2.32. The van der Waals surface area contributed by atoms with Crippen LogP contribution in [0.1, 0.15) is 0 Å². The number of ether oxygens (including phenoxy) is 1. The molecule has 17 heavy (non-hydrogen) atoms. The van der Waals surface area contributed by atoms with Gasteiger partial charge in [-0.2, -0.15) is 4.98 Å². The van der Waals surface area contributed by atoms with Crippen molar-refractivity contribution in [3.05, 3.63) is 23.2 Å². The molecule has 0 amide bonds. The topological polar surface area (TPSA) is 47.9 Å². The Morgan fingerprint density at radius 2 is 1.88 bits per heavy atom. The third kappa shape index (κ3) is 3.71. The second kappa shape index (κ2) is 4.98. The van der Waals surface area contributed by atoms with Crippen LogP contribution in [0.4, 0.5) is 0 Å². The highest BCUT2D eigenvalue weighted by Gasteiger charge is 2.21. The van der Waals surface area contributed by atoms with Crippen LogP contribution in [-0.4, -0.2) is 25.6 Å². The van der Waals surface area contributed by atoms with Crippen LogP contribution in [0.5, 0.6) is 6.01 Å². The first-order chi connectivity index (χ1) is 7.94. The van der Waals surface area contributed by atoms with Crippen LogP contribution in [0.15, 0.2) is 18.2 Å². The molecule has 0 N–H and O–H groups in total. The molecule has 0 aliphatic rings. The Morgan fingerprint density at radius 3 is 2.59 bits per heavy atom. The van der Waals surface area contributed by atoms with Crippen LogP contribution >= 0.6 is 46.4 Å². The zero-order valence-electron chi connectivity index (χ0n) is 8.20. The van der Waals surface area contributed by atoms with E-state index in [1.54, 1.807) is 18.2 Å². The van der Waals surface area contributed by atoms with E-state index in [0.29, 0.717) is 16.1 Å². The minimum atomic E-state index is -1.52. The van der Waals surface area contributed by atoms with E-state index in [9.17, 15) is 0 Å². The van der Waals surface area contributed by atoms with Gasteiger partial charge >= 0.3 is 6.01 Å². The number of halogens is 4. The van der Waals surface area contributed by atoms with Gasteiger partial charge in [-0.15, -0.1) is 5.10 Å². The molecule has 0 saturated heterocycles. The molecule has 0 aliphatic heterocycles. The Hall–Kier alpha value is -0.550. The van der Waals surface area contributed by atoms with Gasteiger partial charge in [0, 0.05) is 5.02 Å². The lowest BCUT2D eigenvalue weighted by atomic mass is 10.3. The van der Waals surface area contributed by atoms with Crippen LogP contribution < -0.4 is 4.74 Å². The molecule has 0 bridgehead atoms. The average molecular weight is 313 g/mol. The molecule has 1 aromatic heterocycles. The van der Waals surface area contributed by atoms with E-state index in [0.717, 1.165) is 0 Å². The molecule has 0 atom stereocenters. The summed E-state index contributed by atoms with van der Waals surface area (Å²) in [6.07, 6.45) is 0. The first-order valence-corrected chi connectivity index (χ1v) is 5.95. The number of alkyl halides is 3. The van der Waals surface area contributed by atoms with E-state index < -0.39 is 3.79 Å². The number of fused-ring (bicyclic) bond motifs is 1. The van der Waals surface area contributed by atoms with Gasteiger partial charge < -0.3 is 4.74 Å². The minimum absolute atomic E-state index is 0.0474. The van der Waals surface area contributed by atoms with Crippen LogP contribution in [-0.2, 0) is 0 Å². The standard InChI is InChI=1S/C9H5Cl4N3O/c10-5-1-2-6-7(3-5)15-16-8(14-6)17-4-9(11,12)13/h1-3H,4H2. The summed E-state index contributed by atoms with van der Waals surface area (Å²) in [6, 6.07) is 5.09. The monoisotopic (exact) mass is 311 g/mol. The molecule has 90 valence electrons. The van der Waals surface area contributed by atoms with Gasteiger partial charge in [0.05, 0.1) is 5.52 Å². The summed E-state index contributed by atoms with van der Waals surface area (Å²) in [5.74, 6) is 0. The molecule has 4 nitrogen and oxygen atoms in total. The van der Waals surface area contributed by atoms with Gasteiger partial charge in [-0.1, -0.05) is 51.5 Å². The van der Waals surface area contributed by atoms with Crippen molar-refractivity contribution in [3.63, 3.8) is 0 Å². The molecule has 2 aromatic rings. The van der Waals surface area contributed by atoms with Crippen LogP contribution in [0, 0.1) is 0 Å². The number of benzene rings is 1. The number of aromatic nitrogens is 3. The Kier molecular flexibility index (Phi) is 3.78. The zero-order valence-corrected chi connectivity index (χ0v) is 11.2. The summed E-state index contributed by atoms with van der Waals surface area (Å²) < 4.78 is 3.58. The van der Waals surface area contributed by atoms with Crippen molar-refractivity contribution in [3.8, 4) is 6.01 Å². The van der Waals surface area contributed by atoms with Gasteiger partial charge in [0.25, 0.3) is 0 Å². The smallest absolute Gasteiger partial charge is 0.336 e. The quantitative estimate of drug-likeness (QED) is 0.797. The molecule has 1 heterocycles. The molecule has 0 radical (unpaired) electrons. The lowest BCUT2D eigenvalue weighted by Gasteiger charge is -2.10. The SMILES string of the molecule is Clc1ccc2nc(OCC(Cl)(Cl)Cl)nnc2c1. The largest absolute Gasteiger partial charge is 0.458 e. The van der Waals surface area contributed by atoms with Crippen molar-refractivity contribution in [2.75, 3.05) is 6.61 Å². The van der Waals surface area contributed by atoms with E-state index in [2.05, 4.69) is 15.2 Å². The number of rotatable bonds is 2. The highest BCUT2D eigenvalue weighted by molar-refractivity contribution is 6.67. The molecule has 1 aromatic carbocycles. The van der Waals surface area contributed by atoms with E-state index in [4.69, 9.17) is 51.1 Å². The predicted octanol–water partition coefficient (Wildman–Crippen LogP) is 3.43. The molecule has 0 aliphatic carbocycles. The summed E-state index contributed by atoms with van der Waals surface area (Å²) in [6.45, 7) is -0.154. The Bertz CT molecular complexity index is 543. The fraction of sp³-hybridized carbons (Fsp3) is 0.222. The predicted molar refractivity (Wildman–Crippen MR) is 68.1 cm³/mol. The normalized spacial score (nSPS) is 11.8. The molecular formula is C9H5Cl4N3O. The number of nitrogens with zero attached hydrogens (tertiary/aromatic N) is 3. The summed E-state index contributed by atoms with van der Waals surface area (Å²) >= 11 is 22.4. The molecule has 8 heteroatoms. The molecule has 2 rings (SSSR count). The maximum Gasteiger partial charge on any atom is 0.336 e. The molecule has 0 spiro atoms. The second-order valence-corrected chi connectivity index (χ2v) is 6.08. The highest BCUT2D eigenvalue weighted by atomic mass is 35.6. The highest BCUT2D eigenvalue weighted by Crippen LogP contribution is 2.26. The number of hydrogen-bond donors (Lipinski definition) is 0. The first kappa shape index (κ1) is 12.9. The second-order valence-electron chi connectivity index (χ2n) is 3.13. The van der Waals surface area contributed by atoms with Gasteiger partial charge in [0.2, 0.25) is 3.79 Å². The van der Waals surface area contributed by atoms with Gasteiger partial charge in [-0.25, -0.2) is 0 Å². The third-order valence-electron chi connectivity index (χ3n) is 1.76. The van der Waals surface area contributed by atoms with E-state index >= 15 is 0 Å². The average Bonchev–Trinajstić information content (AvgIpc) is 2.25. The summed E-state index contributed by atoms with van der Waals surface area (Å²) in [5, 5.41) is 8.18. The summed E-state index contributed by atoms with van der Waals surface area (Å²) in [4.78, 5) is 4.09. The minimum Gasteiger partial charge on any atom is -0.458 e. The summed E-state index contributed by atoms with van der Waals surface area (Å²) in [5.41, 5.74) is 1.17. The number of hydrogen-bond acceptors (Lipinski definition) is 4. The fourth-order valence-corrected chi connectivity index (χ4v) is 1.43. The molecular weight excluding hydrogens is 308 g/mol. The lowest BCUT2D eigenvalue weighted by molar-refractivity contribution is 0.297. The van der Waals surface area contributed by atoms with Crippen molar-refractivity contribution in [2.24, 2.45) is 0 Å². The maximum atomic E-state index is 5.80. The van der Waals surface area contributed by atoms with Gasteiger partial charge in [-0.3, -0.25) is 0 Å². The van der Waals surface area contributed by atoms with Gasteiger partial charge in [0.1, 0.15) is 12.1 Å². The van der Waals surface area contributed by atoms with E-state index in [1.165, 1.54) is 0 Å². The van der Waals surface area contributed by atoms with Crippen LogP contribution in [0.2, 0.25) is 5.02 Å². The van der Waals surface area contributed by atoms with Gasteiger partial charge in [0.15, 0.2) is 0 Å². The van der Waals surface area contributed by atoms with Crippen LogP contribution in [0.25, 0.3) is 11.0 Å². The zero-order chi connectivity index (χ0) is 12.5. The first-order valence-electron chi connectivity index (χ1n) is 4.43. The summed E-state index contributed by atoms with van der Waals surface area (Å²) in [7, 11) is 0. The van der Waals surface area contributed by atoms with E-state index in [1.807, 2.05) is 0 Å². The van der Waals surface area contributed by atoms with Crippen molar-refractivity contribution in [2.45, 2.75) is 3.79 Å².